The Morgan fingerprint density at radius 3 is 2.65 bits per heavy atom. The first-order valence-electron chi connectivity index (χ1n) is 5.50. The quantitative estimate of drug-likeness (QED) is 0.796. The summed E-state index contributed by atoms with van der Waals surface area (Å²) in [7, 11) is 0. The molecule has 0 aromatic heterocycles. The summed E-state index contributed by atoms with van der Waals surface area (Å²) in [6.45, 7) is 3.57. The van der Waals surface area contributed by atoms with Gasteiger partial charge in [-0.05, 0) is 38.0 Å². The fourth-order valence-electron chi connectivity index (χ4n) is 1.39. The molecule has 4 heteroatoms. The molecule has 0 spiro atoms. The second-order valence-corrected chi connectivity index (χ2v) is 4.05. The number of esters is 1. The van der Waals surface area contributed by atoms with Gasteiger partial charge in [0.2, 0.25) is 0 Å². The number of benzene rings is 1. The van der Waals surface area contributed by atoms with Crippen molar-refractivity contribution in [1.82, 2.24) is 0 Å². The Kier molecular flexibility index (Phi) is 4.69. The van der Waals surface area contributed by atoms with E-state index in [0.717, 1.165) is 5.56 Å². The van der Waals surface area contributed by atoms with Crippen molar-refractivity contribution in [3.8, 4) is 0 Å². The number of aliphatic carboxylic acids is 1. The van der Waals surface area contributed by atoms with Crippen LogP contribution in [0.1, 0.15) is 36.2 Å². The molecule has 0 unspecified atom stereocenters. The average molecular weight is 236 g/mol. The number of carboxylic acid groups (broad SMARTS) is 1. The third-order valence-electron chi connectivity index (χ3n) is 2.13. The number of ether oxygens (including phenoxy) is 1. The Morgan fingerprint density at radius 1 is 1.35 bits per heavy atom. The summed E-state index contributed by atoms with van der Waals surface area (Å²) in [6.07, 6.45) is 0.311. The molecule has 1 N–H and O–H groups in total. The Balaban J connectivity index is 2.71. The zero-order valence-corrected chi connectivity index (χ0v) is 9.97. The van der Waals surface area contributed by atoms with E-state index in [0.29, 0.717) is 12.0 Å². The van der Waals surface area contributed by atoms with Crippen molar-refractivity contribution in [1.29, 1.82) is 0 Å². The Hall–Kier alpha value is -1.84. The fraction of sp³-hybridized carbons (Fsp3) is 0.385. The van der Waals surface area contributed by atoms with Crippen LogP contribution in [0.2, 0.25) is 0 Å². The van der Waals surface area contributed by atoms with Crippen LogP contribution >= 0.6 is 0 Å². The third kappa shape index (κ3) is 4.68. The molecule has 0 aliphatic heterocycles. The SMILES string of the molecule is CC(C)OC(=O)c1cccc(CCC(=O)O)c1. The molecule has 0 bridgehead atoms. The van der Waals surface area contributed by atoms with Crippen molar-refractivity contribution in [2.45, 2.75) is 32.8 Å². The normalized spacial score (nSPS) is 10.3. The van der Waals surface area contributed by atoms with Crippen LogP contribution in [0.4, 0.5) is 0 Å². The molecule has 0 saturated heterocycles. The van der Waals surface area contributed by atoms with E-state index in [-0.39, 0.29) is 18.5 Å². The van der Waals surface area contributed by atoms with E-state index >= 15 is 0 Å². The first-order chi connectivity index (χ1) is 7.99. The van der Waals surface area contributed by atoms with Crippen LogP contribution in [-0.2, 0) is 16.0 Å². The van der Waals surface area contributed by atoms with Crippen molar-refractivity contribution in [2.75, 3.05) is 0 Å². The van der Waals surface area contributed by atoms with Crippen molar-refractivity contribution >= 4 is 11.9 Å². The minimum Gasteiger partial charge on any atom is -0.481 e. The lowest BCUT2D eigenvalue weighted by atomic mass is 10.1. The second kappa shape index (κ2) is 6.03. The maximum absolute atomic E-state index is 11.6. The highest BCUT2D eigenvalue weighted by molar-refractivity contribution is 5.89. The smallest absolute Gasteiger partial charge is 0.338 e. The van der Waals surface area contributed by atoms with Gasteiger partial charge in [0.25, 0.3) is 0 Å². The second-order valence-electron chi connectivity index (χ2n) is 4.05. The molecular weight excluding hydrogens is 220 g/mol. The Bertz CT molecular complexity index is 410. The molecule has 92 valence electrons. The van der Waals surface area contributed by atoms with Crippen molar-refractivity contribution < 1.29 is 19.4 Å². The molecule has 0 aliphatic carbocycles. The summed E-state index contributed by atoms with van der Waals surface area (Å²) in [5.41, 5.74) is 1.28. The monoisotopic (exact) mass is 236 g/mol. The van der Waals surface area contributed by atoms with Crippen LogP contribution < -0.4 is 0 Å². The van der Waals surface area contributed by atoms with Crippen molar-refractivity contribution in [3.05, 3.63) is 35.4 Å². The van der Waals surface area contributed by atoms with E-state index in [4.69, 9.17) is 9.84 Å². The number of carboxylic acids is 1. The van der Waals surface area contributed by atoms with E-state index in [2.05, 4.69) is 0 Å². The standard InChI is InChI=1S/C13H16O4/c1-9(2)17-13(16)11-5-3-4-10(8-11)6-7-12(14)15/h3-5,8-9H,6-7H2,1-2H3,(H,14,15). The molecule has 0 fully saturated rings. The van der Waals surface area contributed by atoms with E-state index < -0.39 is 5.97 Å². The maximum Gasteiger partial charge on any atom is 0.338 e. The fourth-order valence-corrected chi connectivity index (χ4v) is 1.39. The Morgan fingerprint density at radius 2 is 2.06 bits per heavy atom. The predicted molar refractivity (Wildman–Crippen MR) is 63.0 cm³/mol. The number of carbonyl (C=O) groups excluding carboxylic acids is 1. The highest BCUT2D eigenvalue weighted by Crippen LogP contribution is 2.10. The molecule has 0 atom stereocenters. The van der Waals surface area contributed by atoms with Gasteiger partial charge in [-0.2, -0.15) is 0 Å². The summed E-state index contributed by atoms with van der Waals surface area (Å²) in [6, 6.07) is 6.87. The summed E-state index contributed by atoms with van der Waals surface area (Å²) in [4.78, 5) is 22.1. The Labute approximate surface area is 100 Å². The van der Waals surface area contributed by atoms with E-state index in [1.165, 1.54) is 0 Å². The lowest BCUT2D eigenvalue weighted by molar-refractivity contribution is -0.136. The van der Waals surface area contributed by atoms with Crippen LogP contribution in [-0.4, -0.2) is 23.1 Å². The summed E-state index contributed by atoms with van der Waals surface area (Å²) < 4.78 is 5.06. The van der Waals surface area contributed by atoms with Crippen LogP contribution in [0.15, 0.2) is 24.3 Å². The minimum atomic E-state index is -0.847. The zero-order valence-electron chi connectivity index (χ0n) is 9.97. The lowest BCUT2D eigenvalue weighted by Gasteiger charge is -2.08. The minimum absolute atomic E-state index is 0.0582. The van der Waals surface area contributed by atoms with Crippen molar-refractivity contribution in [3.63, 3.8) is 0 Å². The largest absolute Gasteiger partial charge is 0.481 e. The molecule has 0 amide bonds. The van der Waals surface area contributed by atoms with Gasteiger partial charge in [-0.1, -0.05) is 12.1 Å². The molecule has 0 radical (unpaired) electrons. The number of carbonyl (C=O) groups is 2. The number of aryl methyl sites for hydroxylation is 1. The summed E-state index contributed by atoms with van der Waals surface area (Å²) in [5.74, 6) is -1.22. The van der Waals surface area contributed by atoms with Gasteiger partial charge in [0.1, 0.15) is 0 Å². The molecule has 4 nitrogen and oxygen atoms in total. The first kappa shape index (κ1) is 13.2. The van der Waals surface area contributed by atoms with Gasteiger partial charge >= 0.3 is 11.9 Å². The van der Waals surface area contributed by atoms with Gasteiger partial charge < -0.3 is 9.84 Å². The predicted octanol–water partition coefficient (Wildman–Crippen LogP) is 2.27. The highest BCUT2D eigenvalue weighted by Gasteiger charge is 2.09. The van der Waals surface area contributed by atoms with Crippen LogP contribution in [0.25, 0.3) is 0 Å². The number of hydrogen-bond acceptors (Lipinski definition) is 3. The van der Waals surface area contributed by atoms with Crippen LogP contribution in [0, 0.1) is 0 Å². The number of rotatable bonds is 5. The van der Waals surface area contributed by atoms with Crippen LogP contribution in [0.5, 0.6) is 0 Å². The average Bonchev–Trinajstić information content (AvgIpc) is 2.26. The van der Waals surface area contributed by atoms with E-state index in [9.17, 15) is 9.59 Å². The van der Waals surface area contributed by atoms with Gasteiger partial charge in [-0.15, -0.1) is 0 Å². The molecule has 17 heavy (non-hydrogen) atoms. The van der Waals surface area contributed by atoms with Crippen LogP contribution in [0.3, 0.4) is 0 Å². The molecule has 1 aromatic rings. The number of hydrogen-bond donors (Lipinski definition) is 1. The van der Waals surface area contributed by atoms with Gasteiger partial charge in [0.15, 0.2) is 0 Å². The molecule has 0 heterocycles. The van der Waals surface area contributed by atoms with E-state index in [1.807, 2.05) is 0 Å². The van der Waals surface area contributed by atoms with Gasteiger partial charge in [0, 0.05) is 6.42 Å². The van der Waals surface area contributed by atoms with Gasteiger partial charge in [-0.25, -0.2) is 4.79 Å². The summed E-state index contributed by atoms with van der Waals surface area (Å²) >= 11 is 0. The topological polar surface area (TPSA) is 63.6 Å². The summed E-state index contributed by atoms with van der Waals surface area (Å²) in [5, 5.41) is 8.58. The lowest BCUT2D eigenvalue weighted by Crippen LogP contribution is -2.11. The van der Waals surface area contributed by atoms with E-state index in [1.54, 1.807) is 38.1 Å². The molecule has 1 aromatic carbocycles. The highest BCUT2D eigenvalue weighted by atomic mass is 16.5. The molecule has 1 rings (SSSR count). The van der Waals surface area contributed by atoms with Gasteiger partial charge in [-0.3, -0.25) is 4.79 Å². The molecule has 0 aliphatic rings. The molecule has 0 saturated carbocycles. The zero-order chi connectivity index (χ0) is 12.8. The van der Waals surface area contributed by atoms with Crippen molar-refractivity contribution in [2.24, 2.45) is 0 Å². The maximum atomic E-state index is 11.6. The molecular formula is C13H16O4. The third-order valence-corrected chi connectivity index (χ3v) is 2.13. The first-order valence-corrected chi connectivity index (χ1v) is 5.50. The van der Waals surface area contributed by atoms with Gasteiger partial charge in [0.05, 0.1) is 11.7 Å².